The lowest BCUT2D eigenvalue weighted by molar-refractivity contribution is -0.148. The molecule has 0 bridgehead atoms. The maximum absolute atomic E-state index is 14.3. The van der Waals surface area contributed by atoms with Gasteiger partial charge in [-0.1, -0.05) is 85.2 Å². The van der Waals surface area contributed by atoms with E-state index in [0.29, 0.717) is 31.4 Å². The summed E-state index contributed by atoms with van der Waals surface area (Å²) in [5.41, 5.74) is 0.711. The molecular formula is C45H74N6O11. The third kappa shape index (κ3) is 15.3. The van der Waals surface area contributed by atoms with Crippen molar-refractivity contribution in [1.29, 1.82) is 0 Å². The van der Waals surface area contributed by atoms with Crippen LogP contribution in [-0.4, -0.2) is 145 Å². The number of carboxylic acid groups (broad SMARTS) is 2. The molecule has 62 heavy (non-hydrogen) atoms. The van der Waals surface area contributed by atoms with E-state index in [1.54, 1.807) is 61.2 Å². The van der Waals surface area contributed by atoms with Crippen LogP contribution in [0.15, 0.2) is 30.3 Å². The minimum atomic E-state index is -1.37. The predicted octanol–water partition coefficient (Wildman–Crippen LogP) is 2.84. The molecule has 1 heterocycles. The first-order valence-electron chi connectivity index (χ1n) is 21.9. The Balaban J connectivity index is 2.33. The van der Waals surface area contributed by atoms with Crippen LogP contribution in [0.5, 0.6) is 0 Å². The Kier molecular flexibility index (Phi) is 22.5. The molecule has 17 nitrogen and oxygen atoms in total. The molecule has 0 saturated carbocycles. The molecule has 1 aliphatic heterocycles. The Morgan fingerprint density at radius 1 is 0.839 bits per heavy atom. The number of rotatable bonds is 27. The topological polar surface area (TPSA) is 233 Å². The summed E-state index contributed by atoms with van der Waals surface area (Å²) in [4.78, 5) is 95.8. The minimum Gasteiger partial charge on any atom is -0.481 e. The highest BCUT2D eigenvalue weighted by molar-refractivity contribution is 5.92. The van der Waals surface area contributed by atoms with Crippen molar-refractivity contribution >= 4 is 41.5 Å². The molecule has 6 N–H and O–H groups in total. The number of likely N-dealkylation sites (tertiary alicyclic amines) is 1. The highest BCUT2D eigenvalue weighted by Crippen LogP contribution is 2.30. The zero-order valence-corrected chi connectivity index (χ0v) is 38.6. The maximum atomic E-state index is 14.3. The van der Waals surface area contributed by atoms with E-state index in [2.05, 4.69) is 21.3 Å². The molecule has 0 radical (unpaired) electrons. The Bertz CT molecular complexity index is 1630. The van der Waals surface area contributed by atoms with E-state index >= 15 is 0 Å². The van der Waals surface area contributed by atoms with Crippen molar-refractivity contribution in [3.8, 4) is 0 Å². The van der Waals surface area contributed by atoms with E-state index < -0.39 is 78.1 Å². The zero-order chi connectivity index (χ0) is 46.8. The van der Waals surface area contributed by atoms with Crippen LogP contribution >= 0.6 is 0 Å². The number of nitrogens with zero attached hydrogens (tertiary/aromatic N) is 2. The third-order valence-electron chi connectivity index (χ3n) is 12.2. The molecule has 17 heteroatoms. The number of carbonyl (C=O) groups excluding carboxylic acids is 5. The number of carboxylic acids is 2. The number of likely N-dealkylation sites (N-methyl/N-ethyl adjacent to an activating group) is 2. The standard InChI is InChI=1S/C45H74N6O11/c1-12-28(6)39(50(9)44(58)38(27(4)5)49-43(57)37(46-8)26(2)3)34(61-10)25-35(52)51-23-17-21-33(51)40(62-11)29(7)41(55)48-32(24-30-18-14-13-15-19-30)42(56)47-31(45(59)60)20-16-22-36(53)54/h13-15,18-19,26-29,31-34,37-40,46H,12,16-17,20-25H2,1-11H3,(H,47,56)(H,48,55)(H,49,57)(H,53,54)(H,59,60)/t28-,29+,31?,32-,33-,34+,37-,38-,39?,40+/m0/s1. The van der Waals surface area contributed by atoms with Crippen molar-refractivity contribution in [1.82, 2.24) is 31.1 Å². The smallest absolute Gasteiger partial charge is 0.326 e. The number of benzene rings is 1. The number of amides is 5. The quantitative estimate of drug-likeness (QED) is 0.0750. The molecule has 5 amide bonds. The Labute approximate surface area is 367 Å². The fraction of sp³-hybridized carbons (Fsp3) is 0.711. The van der Waals surface area contributed by atoms with Crippen LogP contribution in [-0.2, 0) is 49.5 Å². The van der Waals surface area contributed by atoms with Gasteiger partial charge in [-0.25, -0.2) is 4.79 Å². The molecule has 2 unspecified atom stereocenters. The predicted molar refractivity (Wildman–Crippen MR) is 234 cm³/mol. The fourth-order valence-corrected chi connectivity index (χ4v) is 8.40. The fourth-order valence-electron chi connectivity index (χ4n) is 8.40. The van der Waals surface area contributed by atoms with Crippen molar-refractivity contribution in [2.45, 2.75) is 148 Å². The molecule has 0 aromatic heterocycles. The summed E-state index contributed by atoms with van der Waals surface area (Å²) in [6, 6.07) is 4.00. The SMILES string of the molecule is CC[C@H](C)C([C@@H](CC(=O)N1CCC[C@H]1[C@H](OC)[C@@H](C)C(=O)N[C@@H](Cc1ccccc1)C(=O)NC(CCCC(=O)O)C(=O)O)OC)N(C)C(=O)[C@@H](NC(=O)[C@@H](NC)C(C)C)C(C)C. The van der Waals surface area contributed by atoms with Crippen LogP contribution in [0, 0.1) is 23.7 Å². The van der Waals surface area contributed by atoms with Gasteiger partial charge >= 0.3 is 11.9 Å². The number of carbonyl (C=O) groups is 7. The van der Waals surface area contributed by atoms with E-state index in [0.717, 1.165) is 0 Å². The van der Waals surface area contributed by atoms with Crippen LogP contribution in [0.1, 0.15) is 99.0 Å². The molecule has 1 saturated heterocycles. The first-order chi connectivity index (χ1) is 29.2. The number of hydrogen-bond acceptors (Lipinski definition) is 10. The molecule has 1 aliphatic rings. The highest BCUT2D eigenvalue weighted by atomic mass is 16.5. The molecule has 10 atom stereocenters. The lowest BCUT2D eigenvalue weighted by atomic mass is 9.89. The van der Waals surface area contributed by atoms with Crippen LogP contribution in [0.2, 0.25) is 0 Å². The number of methoxy groups -OCH3 is 2. The minimum absolute atomic E-state index is 0.00678. The molecule has 2 rings (SSSR count). The van der Waals surface area contributed by atoms with Crippen LogP contribution < -0.4 is 21.3 Å². The Hall–Kier alpha value is -4.61. The van der Waals surface area contributed by atoms with Gasteiger partial charge in [0, 0.05) is 40.7 Å². The zero-order valence-electron chi connectivity index (χ0n) is 38.6. The summed E-state index contributed by atoms with van der Waals surface area (Å²) < 4.78 is 11.9. The summed E-state index contributed by atoms with van der Waals surface area (Å²) in [5.74, 6) is -5.70. The first-order valence-corrected chi connectivity index (χ1v) is 21.9. The van der Waals surface area contributed by atoms with Gasteiger partial charge in [0.15, 0.2) is 0 Å². The summed E-state index contributed by atoms with van der Waals surface area (Å²) in [7, 11) is 6.36. The highest BCUT2D eigenvalue weighted by Gasteiger charge is 2.43. The van der Waals surface area contributed by atoms with Crippen molar-refractivity contribution in [2.75, 3.05) is 34.9 Å². The second-order valence-corrected chi connectivity index (χ2v) is 17.3. The van der Waals surface area contributed by atoms with Gasteiger partial charge in [-0.2, -0.15) is 0 Å². The van der Waals surface area contributed by atoms with Gasteiger partial charge in [0.1, 0.15) is 18.1 Å². The van der Waals surface area contributed by atoms with Crippen molar-refractivity contribution in [3.63, 3.8) is 0 Å². The molecule has 0 aliphatic carbocycles. The van der Waals surface area contributed by atoms with Gasteiger partial charge < -0.3 is 50.8 Å². The lowest BCUT2D eigenvalue weighted by Crippen LogP contribution is -2.59. The van der Waals surface area contributed by atoms with Crippen LogP contribution in [0.4, 0.5) is 0 Å². The normalized spacial score (nSPS) is 18.4. The van der Waals surface area contributed by atoms with Gasteiger partial charge in [0.2, 0.25) is 29.5 Å². The lowest BCUT2D eigenvalue weighted by Gasteiger charge is -2.41. The monoisotopic (exact) mass is 875 g/mol. The van der Waals surface area contributed by atoms with E-state index in [1.807, 2.05) is 41.5 Å². The molecule has 1 fully saturated rings. The molecule has 1 aromatic rings. The van der Waals surface area contributed by atoms with E-state index in [9.17, 15) is 38.7 Å². The number of hydrogen-bond donors (Lipinski definition) is 6. The average Bonchev–Trinajstić information content (AvgIpc) is 3.71. The summed E-state index contributed by atoms with van der Waals surface area (Å²) >= 11 is 0. The second kappa shape index (κ2) is 26.1. The van der Waals surface area contributed by atoms with Gasteiger partial charge in [0.25, 0.3) is 0 Å². The van der Waals surface area contributed by atoms with E-state index in [1.165, 1.54) is 14.2 Å². The molecular weight excluding hydrogens is 801 g/mol. The summed E-state index contributed by atoms with van der Waals surface area (Å²) in [5, 5.41) is 30.1. The number of ether oxygens (including phenoxy) is 2. The summed E-state index contributed by atoms with van der Waals surface area (Å²) in [6.07, 6.45) is -0.0178. The Morgan fingerprint density at radius 2 is 1.45 bits per heavy atom. The average molecular weight is 875 g/mol. The van der Waals surface area contributed by atoms with Crippen molar-refractivity contribution in [3.05, 3.63) is 35.9 Å². The summed E-state index contributed by atoms with van der Waals surface area (Å²) in [6.45, 7) is 13.6. The molecule has 350 valence electrons. The first kappa shape index (κ1) is 53.5. The van der Waals surface area contributed by atoms with Crippen molar-refractivity contribution in [2.24, 2.45) is 23.7 Å². The van der Waals surface area contributed by atoms with Crippen LogP contribution in [0.25, 0.3) is 0 Å². The number of nitrogens with one attached hydrogen (secondary N) is 4. The molecule has 0 spiro atoms. The number of aliphatic carboxylic acids is 2. The van der Waals surface area contributed by atoms with Crippen molar-refractivity contribution < 1.29 is 53.2 Å². The second-order valence-electron chi connectivity index (χ2n) is 17.3. The van der Waals surface area contributed by atoms with Gasteiger partial charge in [-0.05, 0) is 56.0 Å². The maximum Gasteiger partial charge on any atom is 0.326 e. The Morgan fingerprint density at radius 3 is 1.97 bits per heavy atom. The third-order valence-corrected chi connectivity index (χ3v) is 12.2. The molecule has 1 aromatic carbocycles. The van der Waals surface area contributed by atoms with Gasteiger partial charge in [-0.15, -0.1) is 0 Å². The van der Waals surface area contributed by atoms with Gasteiger partial charge in [-0.3, -0.25) is 28.8 Å². The van der Waals surface area contributed by atoms with Gasteiger partial charge in [0.05, 0.1) is 42.7 Å². The largest absolute Gasteiger partial charge is 0.481 e. The van der Waals surface area contributed by atoms with Crippen LogP contribution in [0.3, 0.4) is 0 Å². The van der Waals surface area contributed by atoms with E-state index in [4.69, 9.17) is 14.6 Å². The van der Waals surface area contributed by atoms with E-state index in [-0.39, 0.29) is 67.6 Å².